The molecule has 0 saturated carbocycles. The predicted octanol–water partition coefficient (Wildman–Crippen LogP) is 3.81. The van der Waals surface area contributed by atoms with Gasteiger partial charge in [-0.25, -0.2) is 9.07 Å². The van der Waals surface area contributed by atoms with Crippen molar-refractivity contribution in [1.82, 2.24) is 9.78 Å². The Bertz CT molecular complexity index is 764. The summed E-state index contributed by atoms with van der Waals surface area (Å²) >= 11 is 0. The highest BCUT2D eigenvalue weighted by atomic mass is 19.1. The lowest BCUT2D eigenvalue weighted by atomic mass is 9.92. The van der Waals surface area contributed by atoms with Crippen LogP contribution in [0.3, 0.4) is 0 Å². The number of nitrogen functional groups attached to an aromatic ring is 1. The molecule has 1 saturated heterocycles. The quantitative estimate of drug-likeness (QED) is 0.775. The molecule has 1 aliphatic heterocycles. The van der Waals surface area contributed by atoms with Gasteiger partial charge >= 0.3 is 0 Å². The zero-order chi connectivity index (χ0) is 19.4. The monoisotopic (exact) mass is 377 g/mol. The van der Waals surface area contributed by atoms with Crippen molar-refractivity contribution >= 4 is 5.82 Å². The Balaban J connectivity index is 1.65. The molecule has 1 atom stereocenters. The van der Waals surface area contributed by atoms with Crippen molar-refractivity contribution in [1.29, 1.82) is 0 Å². The van der Waals surface area contributed by atoms with Crippen LogP contribution in [0, 0.1) is 5.82 Å². The highest BCUT2D eigenvalue weighted by Crippen LogP contribution is 2.26. The first kappa shape index (κ1) is 19.6. The van der Waals surface area contributed by atoms with Crippen LogP contribution in [0.15, 0.2) is 24.3 Å². The molecule has 1 unspecified atom stereocenters. The number of nitrogens with two attached hydrogens (primary N) is 1. The summed E-state index contributed by atoms with van der Waals surface area (Å²) in [5.74, 6) is 0.450. The molecule has 6 nitrogen and oxygen atoms in total. The van der Waals surface area contributed by atoms with Crippen LogP contribution in [-0.4, -0.2) is 35.9 Å². The summed E-state index contributed by atoms with van der Waals surface area (Å²) in [6.45, 7) is 7.58. The fourth-order valence-electron chi connectivity index (χ4n) is 2.90. The van der Waals surface area contributed by atoms with Gasteiger partial charge in [-0.1, -0.05) is 20.8 Å². The van der Waals surface area contributed by atoms with Crippen LogP contribution >= 0.6 is 0 Å². The third kappa shape index (κ3) is 5.20. The molecular formula is C20H28FN3O3. The Morgan fingerprint density at radius 2 is 2.04 bits per heavy atom. The summed E-state index contributed by atoms with van der Waals surface area (Å²) in [5.41, 5.74) is 7.29. The first-order chi connectivity index (χ1) is 12.8. The third-order valence-corrected chi connectivity index (χ3v) is 4.40. The van der Waals surface area contributed by atoms with E-state index in [0.717, 1.165) is 31.6 Å². The van der Waals surface area contributed by atoms with E-state index >= 15 is 0 Å². The number of ether oxygens (including phenoxy) is 3. The van der Waals surface area contributed by atoms with E-state index < -0.39 is 5.82 Å². The normalized spacial score (nSPS) is 17.9. The van der Waals surface area contributed by atoms with Gasteiger partial charge in [-0.3, -0.25) is 0 Å². The van der Waals surface area contributed by atoms with Crippen molar-refractivity contribution in [2.45, 2.75) is 51.7 Å². The van der Waals surface area contributed by atoms with Gasteiger partial charge in [0.2, 0.25) is 0 Å². The number of hydrogen-bond donors (Lipinski definition) is 1. The molecule has 0 aliphatic carbocycles. The molecule has 1 aromatic carbocycles. The molecule has 2 N–H and O–H groups in total. The fraction of sp³-hybridized carbons (Fsp3) is 0.550. The lowest BCUT2D eigenvalue weighted by molar-refractivity contribution is -0.165. The van der Waals surface area contributed by atoms with Gasteiger partial charge in [-0.05, 0) is 25.3 Å². The van der Waals surface area contributed by atoms with Crippen LogP contribution in [0.1, 0.15) is 45.7 Å². The number of aromatic nitrogens is 2. The second kappa shape index (κ2) is 8.27. The summed E-state index contributed by atoms with van der Waals surface area (Å²) in [6.07, 6.45) is 2.93. The van der Waals surface area contributed by atoms with Crippen molar-refractivity contribution in [2.24, 2.45) is 0 Å². The van der Waals surface area contributed by atoms with Crippen LogP contribution in [-0.2, 0) is 14.9 Å². The van der Waals surface area contributed by atoms with Crippen molar-refractivity contribution in [2.75, 3.05) is 25.6 Å². The lowest BCUT2D eigenvalue weighted by Crippen LogP contribution is -2.24. The molecule has 2 heterocycles. The molecule has 0 radical (unpaired) electrons. The summed E-state index contributed by atoms with van der Waals surface area (Å²) < 4.78 is 32.4. The minimum Gasteiger partial charge on any atom is -0.491 e. The summed E-state index contributed by atoms with van der Waals surface area (Å²) in [4.78, 5) is 0. The standard InChI is InChI=1S/C20H28FN3O3/c1-20(2,3)17-13-18(22)24(23-17)15-10-14(21)11-16(12-15)25-8-9-27-19-6-4-5-7-26-19/h10-13,19H,4-9,22H2,1-3H3. The fourth-order valence-corrected chi connectivity index (χ4v) is 2.90. The lowest BCUT2D eigenvalue weighted by Gasteiger charge is -2.22. The highest BCUT2D eigenvalue weighted by molar-refractivity contribution is 5.47. The van der Waals surface area contributed by atoms with Gasteiger partial charge in [0.05, 0.1) is 18.0 Å². The van der Waals surface area contributed by atoms with Gasteiger partial charge in [0.1, 0.15) is 24.0 Å². The molecule has 1 aromatic heterocycles. The highest BCUT2D eigenvalue weighted by Gasteiger charge is 2.20. The maximum absolute atomic E-state index is 14.1. The molecule has 148 valence electrons. The van der Waals surface area contributed by atoms with E-state index in [1.807, 2.05) is 6.07 Å². The van der Waals surface area contributed by atoms with E-state index in [-0.39, 0.29) is 11.7 Å². The number of benzene rings is 1. The van der Waals surface area contributed by atoms with Crippen molar-refractivity contribution in [3.05, 3.63) is 35.8 Å². The molecule has 2 aromatic rings. The van der Waals surface area contributed by atoms with E-state index in [1.165, 1.54) is 16.8 Å². The molecule has 27 heavy (non-hydrogen) atoms. The van der Waals surface area contributed by atoms with E-state index in [1.54, 1.807) is 6.07 Å². The molecule has 7 heteroatoms. The van der Waals surface area contributed by atoms with Gasteiger partial charge < -0.3 is 19.9 Å². The second-order valence-electron chi connectivity index (χ2n) is 7.78. The molecule has 0 spiro atoms. The topological polar surface area (TPSA) is 71.5 Å². The van der Waals surface area contributed by atoms with Gasteiger partial charge in [-0.2, -0.15) is 5.10 Å². The van der Waals surface area contributed by atoms with Crippen molar-refractivity contribution in [3.8, 4) is 11.4 Å². The van der Waals surface area contributed by atoms with E-state index in [2.05, 4.69) is 25.9 Å². The Morgan fingerprint density at radius 1 is 1.22 bits per heavy atom. The third-order valence-electron chi connectivity index (χ3n) is 4.40. The first-order valence-electron chi connectivity index (χ1n) is 9.36. The van der Waals surface area contributed by atoms with Gasteiger partial charge in [0.25, 0.3) is 0 Å². The van der Waals surface area contributed by atoms with E-state index in [4.69, 9.17) is 19.9 Å². The van der Waals surface area contributed by atoms with Crippen LogP contribution in [0.25, 0.3) is 5.69 Å². The first-order valence-corrected chi connectivity index (χ1v) is 9.36. The molecular weight excluding hydrogens is 349 g/mol. The van der Waals surface area contributed by atoms with Gasteiger partial charge in [-0.15, -0.1) is 0 Å². The molecule has 3 rings (SSSR count). The number of nitrogens with zero attached hydrogens (tertiary/aromatic N) is 2. The van der Waals surface area contributed by atoms with Crippen LogP contribution in [0.4, 0.5) is 10.2 Å². The van der Waals surface area contributed by atoms with Gasteiger partial charge in [0.15, 0.2) is 6.29 Å². The summed E-state index contributed by atoms with van der Waals surface area (Å²) in [6, 6.07) is 6.25. The van der Waals surface area contributed by atoms with Gasteiger partial charge in [0, 0.05) is 30.2 Å². The smallest absolute Gasteiger partial charge is 0.157 e. The Hall–Kier alpha value is -2.12. The maximum atomic E-state index is 14.1. The number of hydrogen-bond acceptors (Lipinski definition) is 5. The average molecular weight is 377 g/mol. The molecule has 1 aliphatic rings. The SMILES string of the molecule is CC(C)(C)c1cc(N)n(-c2cc(F)cc(OCCOC3CCCCO3)c2)n1. The van der Waals surface area contributed by atoms with E-state index in [9.17, 15) is 4.39 Å². The second-order valence-corrected chi connectivity index (χ2v) is 7.78. The summed E-state index contributed by atoms with van der Waals surface area (Å²) in [7, 11) is 0. The van der Waals surface area contributed by atoms with E-state index in [0.29, 0.717) is 30.5 Å². The molecule has 0 amide bonds. The Morgan fingerprint density at radius 3 is 2.70 bits per heavy atom. The van der Waals surface area contributed by atoms with Crippen molar-refractivity contribution < 1.29 is 18.6 Å². The van der Waals surface area contributed by atoms with Crippen LogP contribution < -0.4 is 10.5 Å². The minimum absolute atomic E-state index is 0.148. The predicted molar refractivity (Wildman–Crippen MR) is 102 cm³/mol. The largest absolute Gasteiger partial charge is 0.491 e. The number of anilines is 1. The zero-order valence-corrected chi connectivity index (χ0v) is 16.2. The minimum atomic E-state index is -0.411. The maximum Gasteiger partial charge on any atom is 0.157 e. The zero-order valence-electron chi connectivity index (χ0n) is 16.2. The van der Waals surface area contributed by atoms with Crippen LogP contribution in [0.2, 0.25) is 0 Å². The van der Waals surface area contributed by atoms with Crippen LogP contribution in [0.5, 0.6) is 5.75 Å². The Labute approximate surface area is 159 Å². The molecule has 1 fully saturated rings. The Kier molecular flexibility index (Phi) is 6.01. The number of rotatable bonds is 6. The number of halogens is 1. The van der Waals surface area contributed by atoms with Crippen molar-refractivity contribution in [3.63, 3.8) is 0 Å². The summed E-state index contributed by atoms with van der Waals surface area (Å²) in [5, 5.41) is 4.52. The average Bonchev–Trinajstić information content (AvgIpc) is 3.01. The molecule has 0 bridgehead atoms.